The van der Waals surface area contributed by atoms with Gasteiger partial charge in [-0.15, -0.1) is 0 Å². The van der Waals surface area contributed by atoms with Gasteiger partial charge in [0.2, 0.25) is 0 Å². The van der Waals surface area contributed by atoms with Crippen molar-refractivity contribution in [2.45, 2.75) is 13.8 Å². The average Bonchev–Trinajstić information content (AvgIpc) is 2.30. The molecular formula is C13H14N4. The molecule has 0 amide bonds. The van der Waals surface area contributed by atoms with Gasteiger partial charge in [0.1, 0.15) is 11.6 Å². The lowest BCUT2D eigenvalue weighted by atomic mass is 10.3. The summed E-state index contributed by atoms with van der Waals surface area (Å²) >= 11 is 0. The van der Waals surface area contributed by atoms with Crippen LogP contribution in [0.2, 0.25) is 0 Å². The highest BCUT2D eigenvalue weighted by atomic mass is 15.2. The largest absolute Gasteiger partial charge is 0.291 e. The fourth-order valence-electron chi connectivity index (χ4n) is 1.58. The summed E-state index contributed by atoms with van der Waals surface area (Å²) in [6.07, 6.45) is 1.23. The molecule has 0 radical (unpaired) electrons. The van der Waals surface area contributed by atoms with Crippen LogP contribution in [0.1, 0.15) is 11.4 Å². The van der Waals surface area contributed by atoms with Gasteiger partial charge in [0.25, 0.3) is 0 Å². The van der Waals surface area contributed by atoms with E-state index >= 15 is 0 Å². The predicted molar refractivity (Wildman–Crippen MR) is 68.9 cm³/mol. The van der Waals surface area contributed by atoms with Crippen molar-refractivity contribution in [1.29, 1.82) is 5.41 Å². The lowest BCUT2D eigenvalue weighted by Gasteiger charge is -2.17. The monoisotopic (exact) mass is 226 g/mol. The number of nitrogens with zero attached hydrogens (tertiary/aromatic N) is 3. The second-order valence-corrected chi connectivity index (χ2v) is 3.77. The fourth-order valence-corrected chi connectivity index (χ4v) is 1.58. The van der Waals surface area contributed by atoms with E-state index in [4.69, 9.17) is 5.41 Å². The van der Waals surface area contributed by atoms with E-state index in [9.17, 15) is 0 Å². The van der Waals surface area contributed by atoms with Crippen molar-refractivity contribution in [3.8, 4) is 0 Å². The van der Waals surface area contributed by atoms with E-state index in [2.05, 4.69) is 9.97 Å². The number of anilines is 2. The molecule has 2 rings (SSSR count). The second-order valence-electron chi connectivity index (χ2n) is 3.77. The number of hydrogen-bond donors (Lipinski definition) is 1. The molecule has 2 aromatic rings. The summed E-state index contributed by atoms with van der Waals surface area (Å²) in [7, 11) is 0. The molecule has 0 aliphatic carbocycles. The molecule has 2 heterocycles. The highest BCUT2D eigenvalue weighted by Crippen LogP contribution is 2.19. The fraction of sp³-hybridized carbons (Fsp3) is 0.154. The SMILES string of the molecule is Cc1cccc(N(C=N)c2cccc(C)n2)n1. The van der Waals surface area contributed by atoms with Crippen LogP contribution in [-0.4, -0.2) is 16.3 Å². The third-order valence-electron chi connectivity index (χ3n) is 2.37. The Hall–Kier alpha value is -2.23. The van der Waals surface area contributed by atoms with Crippen molar-refractivity contribution < 1.29 is 0 Å². The summed E-state index contributed by atoms with van der Waals surface area (Å²) in [6.45, 7) is 3.85. The quantitative estimate of drug-likeness (QED) is 0.646. The highest BCUT2D eigenvalue weighted by Gasteiger charge is 2.09. The summed E-state index contributed by atoms with van der Waals surface area (Å²) < 4.78 is 0. The third kappa shape index (κ3) is 2.47. The first kappa shape index (κ1) is 11.3. The molecular weight excluding hydrogens is 212 g/mol. The molecule has 0 saturated carbocycles. The Kier molecular flexibility index (Phi) is 3.14. The zero-order valence-electron chi connectivity index (χ0n) is 9.88. The summed E-state index contributed by atoms with van der Waals surface area (Å²) in [5, 5.41) is 7.50. The number of aromatic nitrogens is 2. The molecule has 86 valence electrons. The Balaban J connectivity index is 2.43. The molecule has 17 heavy (non-hydrogen) atoms. The minimum atomic E-state index is 0.707. The molecule has 4 nitrogen and oxygen atoms in total. The van der Waals surface area contributed by atoms with Crippen LogP contribution in [0, 0.1) is 19.3 Å². The van der Waals surface area contributed by atoms with Crippen molar-refractivity contribution in [2.24, 2.45) is 0 Å². The van der Waals surface area contributed by atoms with Crippen molar-refractivity contribution in [1.82, 2.24) is 9.97 Å². The van der Waals surface area contributed by atoms with Gasteiger partial charge in [-0.05, 0) is 38.1 Å². The Labute approximate surface area is 100 Å². The van der Waals surface area contributed by atoms with Gasteiger partial charge in [0, 0.05) is 11.4 Å². The van der Waals surface area contributed by atoms with E-state index in [1.165, 1.54) is 6.34 Å². The van der Waals surface area contributed by atoms with Crippen molar-refractivity contribution in [3.05, 3.63) is 47.8 Å². The van der Waals surface area contributed by atoms with Gasteiger partial charge in [0.15, 0.2) is 0 Å². The van der Waals surface area contributed by atoms with E-state index in [0.29, 0.717) is 11.6 Å². The molecule has 1 N–H and O–H groups in total. The molecule has 0 saturated heterocycles. The van der Waals surface area contributed by atoms with Crippen molar-refractivity contribution in [2.75, 3.05) is 4.90 Å². The second kappa shape index (κ2) is 4.74. The normalized spacial score (nSPS) is 10.0. The molecule has 0 fully saturated rings. The van der Waals surface area contributed by atoms with Crippen LogP contribution in [0.4, 0.5) is 11.6 Å². The smallest absolute Gasteiger partial charge is 0.139 e. The van der Waals surface area contributed by atoms with Gasteiger partial charge in [0.05, 0.1) is 6.34 Å². The van der Waals surface area contributed by atoms with Crippen molar-refractivity contribution >= 4 is 18.0 Å². The Bertz CT molecular complexity index is 491. The Morgan fingerprint density at radius 3 is 1.76 bits per heavy atom. The molecule has 4 heteroatoms. The molecule has 0 aliphatic rings. The maximum Gasteiger partial charge on any atom is 0.139 e. The summed E-state index contributed by atoms with van der Waals surface area (Å²) in [6, 6.07) is 11.4. The topological polar surface area (TPSA) is 52.9 Å². The predicted octanol–water partition coefficient (Wildman–Crippen LogP) is 2.84. The summed E-state index contributed by atoms with van der Waals surface area (Å²) in [5.74, 6) is 1.41. The summed E-state index contributed by atoms with van der Waals surface area (Å²) in [5.41, 5.74) is 1.84. The van der Waals surface area contributed by atoms with Crippen LogP contribution < -0.4 is 4.90 Å². The number of pyridine rings is 2. The van der Waals surface area contributed by atoms with Crippen LogP contribution in [0.3, 0.4) is 0 Å². The van der Waals surface area contributed by atoms with Crippen LogP contribution in [0.25, 0.3) is 0 Å². The lowest BCUT2D eigenvalue weighted by Crippen LogP contribution is -2.16. The van der Waals surface area contributed by atoms with Gasteiger partial charge in [-0.3, -0.25) is 10.3 Å². The number of aryl methyl sites for hydroxylation is 2. The zero-order chi connectivity index (χ0) is 12.3. The maximum atomic E-state index is 7.50. The van der Waals surface area contributed by atoms with Gasteiger partial charge in [-0.2, -0.15) is 0 Å². The van der Waals surface area contributed by atoms with E-state index < -0.39 is 0 Å². The molecule has 0 aliphatic heterocycles. The average molecular weight is 226 g/mol. The van der Waals surface area contributed by atoms with Crippen LogP contribution in [0.5, 0.6) is 0 Å². The van der Waals surface area contributed by atoms with Crippen LogP contribution in [0.15, 0.2) is 36.4 Å². The Morgan fingerprint density at radius 2 is 1.41 bits per heavy atom. The summed E-state index contributed by atoms with van der Waals surface area (Å²) in [4.78, 5) is 10.4. The first-order chi connectivity index (χ1) is 8.20. The van der Waals surface area contributed by atoms with Gasteiger partial charge in [-0.1, -0.05) is 12.1 Å². The van der Waals surface area contributed by atoms with E-state index in [-0.39, 0.29) is 0 Å². The molecule has 0 aromatic carbocycles. The third-order valence-corrected chi connectivity index (χ3v) is 2.37. The molecule has 0 unspecified atom stereocenters. The minimum Gasteiger partial charge on any atom is -0.291 e. The van der Waals surface area contributed by atoms with E-state index in [0.717, 1.165) is 11.4 Å². The molecule has 0 spiro atoms. The van der Waals surface area contributed by atoms with E-state index in [1.807, 2.05) is 50.2 Å². The van der Waals surface area contributed by atoms with Gasteiger partial charge < -0.3 is 0 Å². The van der Waals surface area contributed by atoms with Crippen LogP contribution in [-0.2, 0) is 0 Å². The minimum absolute atomic E-state index is 0.707. The number of hydrogen-bond acceptors (Lipinski definition) is 3. The highest BCUT2D eigenvalue weighted by molar-refractivity contribution is 5.84. The molecule has 2 aromatic heterocycles. The molecule has 0 bridgehead atoms. The Morgan fingerprint density at radius 1 is 0.941 bits per heavy atom. The first-order valence-electron chi connectivity index (χ1n) is 5.38. The number of rotatable bonds is 3. The molecule has 0 atom stereocenters. The zero-order valence-corrected chi connectivity index (χ0v) is 9.88. The first-order valence-corrected chi connectivity index (χ1v) is 5.38. The van der Waals surface area contributed by atoms with Crippen molar-refractivity contribution in [3.63, 3.8) is 0 Å². The van der Waals surface area contributed by atoms with Crippen LogP contribution >= 0.6 is 0 Å². The maximum absolute atomic E-state index is 7.50. The lowest BCUT2D eigenvalue weighted by molar-refractivity contribution is 1.10. The standard InChI is InChI=1S/C13H14N4/c1-10-5-3-7-12(15-10)17(9-14)13-8-4-6-11(2)16-13/h3-9,14H,1-2H3. The van der Waals surface area contributed by atoms with E-state index in [1.54, 1.807) is 4.90 Å². The number of nitrogens with one attached hydrogen (secondary N) is 1. The van der Waals surface area contributed by atoms with Gasteiger partial charge in [-0.25, -0.2) is 9.97 Å². The van der Waals surface area contributed by atoms with Gasteiger partial charge >= 0.3 is 0 Å².